The van der Waals surface area contributed by atoms with Crippen molar-refractivity contribution in [1.82, 2.24) is 5.32 Å². The molecule has 0 fully saturated rings. The van der Waals surface area contributed by atoms with Crippen LogP contribution in [0.5, 0.6) is 0 Å². The van der Waals surface area contributed by atoms with E-state index in [1.54, 1.807) is 11.3 Å². The quantitative estimate of drug-likeness (QED) is 0.618. The summed E-state index contributed by atoms with van der Waals surface area (Å²) in [6.07, 6.45) is 8.34. The molecule has 0 atom stereocenters. The first-order valence-corrected chi connectivity index (χ1v) is 6.38. The molecule has 0 saturated carbocycles. The molecule has 0 saturated heterocycles. The second kappa shape index (κ2) is 7.05. The summed E-state index contributed by atoms with van der Waals surface area (Å²) in [5.41, 5.74) is 0. The topological polar surface area (TPSA) is 12.0 Å². The fraction of sp³-hybridized carbons (Fsp3) is 0.455. The van der Waals surface area contributed by atoms with Gasteiger partial charge in [-0.3, -0.25) is 0 Å². The van der Waals surface area contributed by atoms with Crippen molar-refractivity contribution in [3.05, 3.63) is 20.8 Å². The SMILES string of the molecule is C#CCCCCNCc1sccc1Br. The van der Waals surface area contributed by atoms with Crippen LogP contribution >= 0.6 is 27.3 Å². The van der Waals surface area contributed by atoms with Crippen molar-refractivity contribution in [3.8, 4) is 12.3 Å². The molecule has 1 N–H and O–H groups in total. The minimum Gasteiger partial charge on any atom is -0.312 e. The van der Waals surface area contributed by atoms with E-state index in [1.807, 2.05) is 0 Å². The van der Waals surface area contributed by atoms with Crippen LogP contribution in [0.1, 0.15) is 24.1 Å². The van der Waals surface area contributed by atoms with E-state index in [4.69, 9.17) is 6.42 Å². The van der Waals surface area contributed by atoms with Gasteiger partial charge in [0.25, 0.3) is 0 Å². The third-order valence-corrected chi connectivity index (χ3v) is 3.83. The van der Waals surface area contributed by atoms with E-state index < -0.39 is 0 Å². The third kappa shape index (κ3) is 4.28. The lowest BCUT2D eigenvalue weighted by Gasteiger charge is -2.02. The highest BCUT2D eigenvalue weighted by Gasteiger charge is 1.99. The van der Waals surface area contributed by atoms with Crippen LogP contribution in [-0.2, 0) is 6.54 Å². The largest absolute Gasteiger partial charge is 0.312 e. The predicted molar refractivity (Wildman–Crippen MR) is 66.4 cm³/mol. The number of unbranched alkanes of at least 4 members (excludes halogenated alkanes) is 2. The Hall–Kier alpha value is -0.300. The van der Waals surface area contributed by atoms with Crippen LogP contribution < -0.4 is 5.32 Å². The van der Waals surface area contributed by atoms with Gasteiger partial charge < -0.3 is 5.32 Å². The highest BCUT2D eigenvalue weighted by atomic mass is 79.9. The van der Waals surface area contributed by atoms with Gasteiger partial charge in [0, 0.05) is 22.3 Å². The number of halogens is 1. The second-order valence-electron chi connectivity index (χ2n) is 3.03. The van der Waals surface area contributed by atoms with Gasteiger partial charge in [-0.15, -0.1) is 23.7 Å². The molecular formula is C11H14BrNS. The molecule has 3 heteroatoms. The van der Waals surface area contributed by atoms with Crippen molar-refractivity contribution < 1.29 is 0 Å². The molecule has 1 rings (SSSR count). The smallest absolute Gasteiger partial charge is 0.0327 e. The Morgan fingerprint density at radius 1 is 1.50 bits per heavy atom. The molecule has 0 unspecified atom stereocenters. The Morgan fingerprint density at radius 3 is 3.00 bits per heavy atom. The van der Waals surface area contributed by atoms with E-state index >= 15 is 0 Å². The van der Waals surface area contributed by atoms with Crippen LogP contribution in [-0.4, -0.2) is 6.54 Å². The van der Waals surface area contributed by atoms with Crippen molar-refractivity contribution in [2.24, 2.45) is 0 Å². The Morgan fingerprint density at radius 2 is 2.36 bits per heavy atom. The van der Waals surface area contributed by atoms with Crippen LogP contribution in [0, 0.1) is 12.3 Å². The molecule has 0 amide bonds. The number of hydrogen-bond acceptors (Lipinski definition) is 2. The Kier molecular flexibility index (Phi) is 5.93. The first kappa shape index (κ1) is 11.8. The molecule has 1 aromatic heterocycles. The maximum atomic E-state index is 5.17. The van der Waals surface area contributed by atoms with E-state index in [2.05, 4.69) is 38.6 Å². The normalized spacial score (nSPS) is 10.0. The fourth-order valence-electron chi connectivity index (χ4n) is 1.13. The Balaban J connectivity index is 2.05. The van der Waals surface area contributed by atoms with E-state index in [0.717, 1.165) is 32.4 Å². The van der Waals surface area contributed by atoms with E-state index in [0.29, 0.717) is 0 Å². The van der Waals surface area contributed by atoms with Crippen LogP contribution in [0.15, 0.2) is 15.9 Å². The maximum Gasteiger partial charge on any atom is 0.0327 e. The van der Waals surface area contributed by atoms with E-state index in [-0.39, 0.29) is 0 Å². The van der Waals surface area contributed by atoms with Crippen molar-refractivity contribution >= 4 is 27.3 Å². The molecule has 0 radical (unpaired) electrons. The number of hydrogen-bond donors (Lipinski definition) is 1. The van der Waals surface area contributed by atoms with Gasteiger partial charge in [0.1, 0.15) is 0 Å². The average Bonchev–Trinajstić information content (AvgIpc) is 2.58. The number of thiophene rings is 1. The molecule has 0 bridgehead atoms. The summed E-state index contributed by atoms with van der Waals surface area (Å²) >= 11 is 5.28. The van der Waals surface area contributed by atoms with Gasteiger partial charge in [-0.05, 0) is 46.8 Å². The summed E-state index contributed by atoms with van der Waals surface area (Å²) in [6, 6.07) is 2.08. The summed E-state index contributed by atoms with van der Waals surface area (Å²) in [7, 11) is 0. The lowest BCUT2D eigenvalue weighted by atomic mass is 10.2. The summed E-state index contributed by atoms with van der Waals surface area (Å²) in [5, 5.41) is 5.50. The Bertz CT molecular complexity index is 300. The highest BCUT2D eigenvalue weighted by molar-refractivity contribution is 9.10. The molecule has 0 aliphatic carbocycles. The number of rotatable bonds is 6. The van der Waals surface area contributed by atoms with E-state index in [9.17, 15) is 0 Å². The van der Waals surface area contributed by atoms with Crippen LogP contribution in [0.2, 0.25) is 0 Å². The molecule has 1 heterocycles. The molecule has 1 aromatic rings. The standard InChI is InChI=1S/C11H14BrNS/c1-2-3-4-5-7-13-9-11-10(12)6-8-14-11/h1,6,8,13H,3-5,7,9H2. The van der Waals surface area contributed by atoms with Crippen molar-refractivity contribution in [1.29, 1.82) is 0 Å². The molecule has 14 heavy (non-hydrogen) atoms. The van der Waals surface area contributed by atoms with Gasteiger partial charge in [0.2, 0.25) is 0 Å². The third-order valence-electron chi connectivity index (χ3n) is 1.90. The molecular weight excluding hydrogens is 258 g/mol. The van der Waals surface area contributed by atoms with E-state index in [1.165, 1.54) is 9.35 Å². The monoisotopic (exact) mass is 271 g/mol. The van der Waals surface area contributed by atoms with Crippen molar-refractivity contribution in [2.45, 2.75) is 25.8 Å². The van der Waals surface area contributed by atoms with Gasteiger partial charge in [-0.25, -0.2) is 0 Å². The minimum atomic E-state index is 0.893. The Labute approximate surface area is 98.0 Å². The van der Waals surface area contributed by atoms with Crippen molar-refractivity contribution in [3.63, 3.8) is 0 Å². The lowest BCUT2D eigenvalue weighted by Crippen LogP contribution is -2.13. The summed E-state index contributed by atoms with van der Waals surface area (Å²) in [5.74, 6) is 2.65. The molecule has 0 aliphatic heterocycles. The highest BCUT2D eigenvalue weighted by Crippen LogP contribution is 2.21. The lowest BCUT2D eigenvalue weighted by molar-refractivity contribution is 0.633. The maximum absolute atomic E-state index is 5.17. The molecule has 1 nitrogen and oxygen atoms in total. The summed E-state index contributed by atoms with van der Waals surface area (Å²) in [4.78, 5) is 1.36. The molecule has 0 spiro atoms. The first-order valence-electron chi connectivity index (χ1n) is 4.70. The first-order chi connectivity index (χ1) is 6.84. The predicted octanol–water partition coefficient (Wildman–Crippen LogP) is 3.40. The zero-order chi connectivity index (χ0) is 10.2. The van der Waals surface area contributed by atoms with Gasteiger partial charge in [-0.1, -0.05) is 0 Å². The second-order valence-corrected chi connectivity index (χ2v) is 4.88. The van der Waals surface area contributed by atoms with Gasteiger partial charge in [0.15, 0.2) is 0 Å². The molecule has 0 aromatic carbocycles. The molecule has 76 valence electrons. The van der Waals surface area contributed by atoms with Gasteiger partial charge in [0.05, 0.1) is 0 Å². The van der Waals surface area contributed by atoms with Gasteiger partial charge >= 0.3 is 0 Å². The average molecular weight is 272 g/mol. The summed E-state index contributed by atoms with van der Waals surface area (Å²) < 4.78 is 1.21. The number of nitrogens with one attached hydrogen (secondary N) is 1. The number of terminal acetylenes is 1. The van der Waals surface area contributed by atoms with Crippen LogP contribution in [0.4, 0.5) is 0 Å². The zero-order valence-electron chi connectivity index (χ0n) is 8.05. The van der Waals surface area contributed by atoms with Crippen LogP contribution in [0.3, 0.4) is 0 Å². The minimum absolute atomic E-state index is 0.893. The van der Waals surface area contributed by atoms with Crippen LogP contribution in [0.25, 0.3) is 0 Å². The molecule has 0 aliphatic rings. The zero-order valence-corrected chi connectivity index (χ0v) is 10.5. The summed E-state index contributed by atoms with van der Waals surface area (Å²) in [6.45, 7) is 2.00. The van der Waals surface area contributed by atoms with Crippen molar-refractivity contribution in [2.75, 3.05) is 6.54 Å². The van der Waals surface area contributed by atoms with Gasteiger partial charge in [-0.2, -0.15) is 0 Å². The fourth-order valence-corrected chi connectivity index (χ4v) is 2.59.